The van der Waals surface area contributed by atoms with Crippen LogP contribution in [0.1, 0.15) is 64.5 Å². The summed E-state index contributed by atoms with van der Waals surface area (Å²) < 4.78 is 14.3. The van der Waals surface area contributed by atoms with Crippen molar-refractivity contribution in [3.05, 3.63) is 29.6 Å². The number of ether oxygens (including phenoxy) is 1. The average molecular weight is 405 g/mol. The van der Waals surface area contributed by atoms with E-state index < -0.39 is 13.9 Å². The Kier molecular flexibility index (Phi) is 6.17. The number of fused-ring (bicyclic) bond motifs is 1. The fraction of sp³-hybridized carbons (Fsp3) is 0.636. The Morgan fingerprint density at radius 2 is 1.82 bits per heavy atom. The number of esters is 1. The summed E-state index contributed by atoms with van der Waals surface area (Å²) in [6, 6.07) is 3.79. The molecule has 0 saturated carbocycles. The third-order valence-electron chi connectivity index (χ3n) is 5.42. The molecule has 0 aliphatic carbocycles. The molecule has 0 spiro atoms. The maximum absolute atomic E-state index is 12.9. The maximum Gasteiger partial charge on any atom is 0.341 e. The molecule has 0 amide bonds. The van der Waals surface area contributed by atoms with Crippen LogP contribution in [-0.4, -0.2) is 35.5 Å². The van der Waals surface area contributed by atoms with E-state index in [1.54, 1.807) is 6.20 Å². The van der Waals surface area contributed by atoms with Gasteiger partial charge in [0.15, 0.2) is 8.32 Å². The zero-order valence-corrected chi connectivity index (χ0v) is 20.1. The normalized spacial score (nSPS) is 14.4. The van der Waals surface area contributed by atoms with Crippen LogP contribution < -0.4 is 0 Å². The average Bonchev–Trinajstić information content (AvgIpc) is 2.76. The number of pyridine rings is 1. The van der Waals surface area contributed by atoms with E-state index >= 15 is 0 Å². The Bertz CT molecular complexity index is 857. The van der Waals surface area contributed by atoms with Crippen LogP contribution in [0.4, 0.5) is 0 Å². The highest BCUT2D eigenvalue weighted by atomic mass is 28.4. The van der Waals surface area contributed by atoms with Crippen molar-refractivity contribution in [2.75, 3.05) is 0 Å². The first-order valence-electron chi connectivity index (χ1n) is 9.99. The number of hydrogen-bond acceptors (Lipinski definition) is 4. The molecular formula is C22H36N2O3Si. The summed E-state index contributed by atoms with van der Waals surface area (Å²) in [5, 5.41) is 0.975. The quantitative estimate of drug-likeness (QED) is 0.473. The second-order valence-corrected chi connectivity index (χ2v) is 14.9. The second kappa shape index (κ2) is 7.63. The zero-order valence-electron chi connectivity index (χ0n) is 19.1. The molecule has 0 aliphatic rings. The van der Waals surface area contributed by atoms with E-state index in [1.807, 2.05) is 39.8 Å². The van der Waals surface area contributed by atoms with Crippen molar-refractivity contribution >= 4 is 25.3 Å². The minimum atomic E-state index is -1.88. The van der Waals surface area contributed by atoms with Gasteiger partial charge in [-0.15, -0.1) is 0 Å². The van der Waals surface area contributed by atoms with Gasteiger partial charge in [0.25, 0.3) is 0 Å². The molecule has 156 valence electrons. The van der Waals surface area contributed by atoms with Gasteiger partial charge < -0.3 is 13.7 Å². The molecule has 0 radical (unpaired) electrons. The van der Waals surface area contributed by atoms with Crippen LogP contribution in [0.3, 0.4) is 0 Å². The van der Waals surface area contributed by atoms with Gasteiger partial charge in [0.1, 0.15) is 11.2 Å². The highest BCUT2D eigenvalue weighted by molar-refractivity contribution is 6.74. The molecule has 1 atom stereocenters. The van der Waals surface area contributed by atoms with Gasteiger partial charge in [-0.3, -0.25) is 0 Å². The van der Waals surface area contributed by atoms with Crippen molar-refractivity contribution in [1.29, 1.82) is 0 Å². The molecule has 1 unspecified atom stereocenters. The number of carbonyl (C=O) groups is 1. The largest absolute Gasteiger partial charge is 0.456 e. The first-order chi connectivity index (χ1) is 12.6. The van der Waals surface area contributed by atoms with Crippen molar-refractivity contribution in [2.45, 2.75) is 91.8 Å². The lowest BCUT2D eigenvalue weighted by molar-refractivity contribution is 0.00705. The Balaban J connectivity index is 2.41. The lowest BCUT2D eigenvalue weighted by Gasteiger charge is -2.38. The number of hydrogen-bond donors (Lipinski definition) is 0. The van der Waals surface area contributed by atoms with E-state index in [1.165, 1.54) is 0 Å². The first kappa shape index (κ1) is 22.6. The SMILES string of the molecule is Cc1c(C(=O)OC(C)(C)C)c2cccnc2n1CC(C)O[Si](C)(C)C(C)(C)C. The van der Waals surface area contributed by atoms with Crippen LogP contribution in [0.25, 0.3) is 11.0 Å². The van der Waals surface area contributed by atoms with Gasteiger partial charge in [0, 0.05) is 23.8 Å². The van der Waals surface area contributed by atoms with E-state index in [4.69, 9.17) is 9.16 Å². The monoisotopic (exact) mass is 404 g/mol. The number of aromatic nitrogens is 2. The van der Waals surface area contributed by atoms with E-state index in [-0.39, 0.29) is 17.1 Å². The van der Waals surface area contributed by atoms with E-state index in [2.05, 4.69) is 50.3 Å². The molecule has 0 fully saturated rings. The van der Waals surface area contributed by atoms with Crippen molar-refractivity contribution in [1.82, 2.24) is 9.55 Å². The summed E-state index contributed by atoms with van der Waals surface area (Å²) in [6.45, 7) is 21.6. The number of carbonyl (C=O) groups excluding carboxylic acids is 1. The van der Waals surface area contributed by atoms with Crippen LogP contribution in [0.15, 0.2) is 18.3 Å². The van der Waals surface area contributed by atoms with Crippen LogP contribution in [-0.2, 0) is 15.7 Å². The van der Waals surface area contributed by atoms with Gasteiger partial charge in [-0.2, -0.15) is 0 Å². The molecule has 6 heteroatoms. The van der Waals surface area contributed by atoms with Crippen LogP contribution in [0.2, 0.25) is 18.1 Å². The van der Waals surface area contributed by atoms with Crippen molar-refractivity contribution in [2.24, 2.45) is 0 Å². The van der Waals surface area contributed by atoms with Crippen LogP contribution >= 0.6 is 0 Å². The third kappa shape index (κ3) is 4.84. The lowest BCUT2D eigenvalue weighted by Crippen LogP contribution is -2.44. The fourth-order valence-corrected chi connectivity index (χ4v) is 4.51. The molecule has 2 rings (SSSR count). The van der Waals surface area contributed by atoms with Gasteiger partial charge in [-0.1, -0.05) is 20.8 Å². The lowest BCUT2D eigenvalue weighted by atomic mass is 10.1. The smallest absolute Gasteiger partial charge is 0.341 e. The van der Waals surface area contributed by atoms with Crippen molar-refractivity contribution < 1.29 is 14.0 Å². The van der Waals surface area contributed by atoms with Gasteiger partial charge in [0.05, 0.1) is 11.7 Å². The molecule has 0 N–H and O–H groups in total. The minimum Gasteiger partial charge on any atom is -0.456 e. The summed E-state index contributed by atoms with van der Waals surface area (Å²) in [5.74, 6) is -0.306. The summed E-state index contributed by atoms with van der Waals surface area (Å²) in [7, 11) is -1.88. The Morgan fingerprint density at radius 3 is 2.36 bits per heavy atom. The number of rotatable bonds is 5. The minimum absolute atomic E-state index is 0.0173. The highest BCUT2D eigenvalue weighted by Crippen LogP contribution is 2.37. The Hall–Kier alpha value is -1.66. The summed E-state index contributed by atoms with van der Waals surface area (Å²) in [6.07, 6.45) is 1.78. The van der Waals surface area contributed by atoms with Crippen LogP contribution in [0.5, 0.6) is 0 Å². The standard InChI is InChI=1S/C22H36N2O3Si/c1-15(27-28(9,10)22(6,7)8)14-24-16(2)18(20(25)26-21(3,4)5)17-12-11-13-23-19(17)24/h11-13,15H,14H2,1-10H3. The zero-order chi connectivity index (χ0) is 21.5. The van der Waals surface area contributed by atoms with E-state index in [9.17, 15) is 4.79 Å². The summed E-state index contributed by atoms with van der Waals surface area (Å²) >= 11 is 0. The highest BCUT2D eigenvalue weighted by Gasteiger charge is 2.38. The molecule has 2 heterocycles. The summed E-state index contributed by atoms with van der Waals surface area (Å²) in [5.41, 5.74) is 1.72. The molecular weight excluding hydrogens is 368 g/mol. The molecule has 0 bridgehead atoms. The first-order valence-corrected chi connectivity index (χ1v) is 12.9. The van der Waals surface area contributed by atoms with Gasteiger partial charge in [-0.05, 0) is 64.9 Å². The van der Waals surface area contributed by atoms with Gasteiger partial charge in [-0.25, -0.2) is 9.78 Å². The van der Waals surface area contributed by atoms with Crippen molar-refractivity contribution in [3.63, 3.8) is 0 Å². The van der Waals surface area contributed by atoms with Crippen LogP contribution in [0, 0.1) is 6.92 Å². The van der Waals surface area contributed by atoms with E-state index in [0.29, 0.717) is 12.1 Å². The van der Waals surface area contributed by atoms with Gasteiger partial charge >= 0.3 is 5.97 Å². The topological polar surface area (TPSA) is 53.3 Å². The number of nitrogens with zero attached hydrogens (tertiary/aromatic N) is 2. The Labute approximate surface area is 170 Å². The third-order valence-corrected chi connectivity index (χ3v) is 10.0. The second-order valence-electron chi connectivity index (χ2n) is 10.1. The van der Waals surface area contributed by atoms with Gasteiger partial charge in [0.2, 0.25) is 0 Å². The Morgan fingerprint density at radius 1 is 1.21 bits per heavy atom. The molecule has 2 aromatic heterocycles. The van der Waals surface area contributed by atoms with E-state index in [0.717, 1.165) is 16.7 Å². The molecule has 5 nitrogen and oxygen atoms in total. The molecule has 28 heavy (non-hydrogen) atoms. The molecule has 0 aromatic carbocycles. The predicted molar refractivity (Wildman–Crippen MR) is 117 cm³/mol. The molecule has 2 aromatic rings. The predicted octanol–water partition coefficient (Wildman–Crippen LogP) is 5.71. The fourth-order valence-electron chi connectivity index (χ4n) is 3.08. The maximum atomic E-state index is 12.9. The summed E-state index contributed by atoms with van der Waals surface area (Å²) in [4.78, 5) is 17.4. The van der Waals surface area contributed by atoms with Crippen molar-refractivity contribution in [3.8, 4) is 0 Å². The molecule has 0 saturated heterocycles. The molecule has 0 aliphatic heterocycles.